The lowest BCUT2D eigenvalue weighted by Crippen LogP contribution is -2.59. The average molecular weight is 701 g/mol. The zero-order valence-electron chi connectivity index (χ0n) is 28.0. The normalized spacial score (nSPS) is 22.7. The van der Waals surface area contributed by atoms with E-state index in [1.54, 1.807) is 11.1 Å². The number of carbonyl (C=O) groups is 1. The van der Waals surface area contributed by atoms with Gasteiger partial charge in [0.25, 0.3) is 0 Å². The Labute approximate surface area is 288 Å². The van der Waals surface area contributed by atoms with Crippen molar-refractivity contribution in [2.24, 2.45) is 4.99 Å². The van der Waals surface area contributed by atoms with Gasteiger partial charge in [-0.25, -0.2) is 17.5 Å². The number of hydrogen-bond acceptors (Lipinski definition) is 6. The summed E-state index contributed by atoms with van der Waals surface area (Å²) in [7, 11) is -3.32. The Bertz CT molecular complexity index is 1770. The van der Waals surface area contributed by atoms with Gasteiger partial charge in [0.15, 0.2) is 0 Å². The first kappa shape index (κ1) is 35.1. The number of nitrogens with zero attached hydrogens (tertiary/aromatic N) is 4. The number of aromatic nitrogens is 1. The van der Waals surface area contributed by atoms with E-state index in [1.165, 1.54) is 10.6 Å². The SMILES string of the molecule is CCOc1cc(C(C)(C)C)ncc1C1=N[C@@](C)(c2ccc(Cl)cc2)[C@@](C)(c2ccc(Cl)cc2)N1C(=O)NC1CCN(S(C)(=O)=O)CC1. The number of benzene rings is 2. The maximum atomic E-state index is 14.8. The molecule has 0 radical (unpaired) electrons. The summed E-state index contributed by atoms with van der Waals surface area (Å²) in [4.78, 5) is 26.7. The first-order valence-corrected chi connectivity index (χ1v) is 18.4. The molecule has 1 aromatic heterocycles. The van der Waals surface area contributed by atoms with Gasteiger partial charge in [-0.2, -0.15) is 0 Å². The third-order valence-electron chi connectivity index (χ3n) is 9.38. The highest BCUT2D eigenvalue weighted by Gasteiger charge is 2.60. The predicted octanol–water partition coefficient (Wildman–Crippen LogP) is 7.11. The summed E-state index contributed by atoms with van der Waals surface area (Å²) in [6.07, 6.45) is 3.92. The van der Waals surface area contributed by atoms with Gasteiger partial charge in [0, 0.05) is 52.5 Å². The van der Waals surface area contributed by atoms with Crippen molar-refractivity contribution in [1.29, 1.82) is 0 Å². The molecule has 2 aliphatic heterocycles. The zero-order chi connectivity index (χ0) is 34.4. The number of carbonyl (C=O) groups excluding carboxylic acids is 1. The molecule has 47 heavy (non-hydrogen) atoms. The summed E-state index contributed by atoms with van der Waals surface area (Å²) >= 11 is 12.7. The van der Waals surface area contributed by atoms with E-state index in [2.05, 4.69) is 26.1 Å². The van der Waals surface area contributed by atoms with E-state index in [1.807, 2.05) is 75.4 Å². The Morgan fingerprint density at radius 2 is 1.55 bits per heavy atom. The molecule has 0 aliphatic carbocycles. The Morgan fingerprint density at radius 1 is 1.00 bits per heavy atom. The molecule has 3 aromatic rings. The van der Waals surface area contributed by atoms with Gasteiger partial charge in [-0.3, -0.25) is 14.9 Å². The van der Waals surface area contributed by atoms with E-state index in [-0.39, 0.29) is 17.5 Å². The van der Waals surface area contributed by atoms with E-state index < -0.39 is 21.1 Å². The van der Waals surface area contributed by atoms with Crippen LogP contribution in [0.5, 0.6) is 5.75 Å². The zero-order valence-corrected chi connectivity index (χ0v) is 30.3. The first-order valence-electron chi connectivity index (χ1n) is 15.8. The molecule has 12 heteroatoms. The smallest absolute Gasteiger partial charge is 0.324 e. The van der Waals surface area contributed by atoms with Crippen LogP contribution in [0.3, 0.4) is 0 Å². The van der Waals surface area contributed by atoms with Crippen molar-refractivity contribution in [3.8, 4) is 5.75 Å². The van der Waals surface area contributed by atoms with Gasteiger partial charge < -0.3 is 10.1 Å². The molecule has 2 aliphatic rings. The van der Waals surface area contributed by atoms with Gasteiger partial charge in [-0.1, -0.05) is 68.2 Å². The number of amides is 2. The molecular weight excluding hydrogens is 657 g/mol. The van der Waals surface area contributed by atoms with Crippen LogP contribution in [0, 0.1) is 0 Å². The largest absolute Gasteiger partial charge is 0.493 e. The summed E-state index contributed by atoms with van der Waals surface area (Å²) in [6, 6.07) is 16.3. The van der Waals surface area contributed by atoms with Gasteiger partial charge in [-0.05, 0) is 69.0 Å². The highest BCUT2D eigenvalue weighted by Crippen LogP contribution is 2.53. The molecule has 0 unspecified atom stereocenters. The fraction of sp³-hybridized carbons (Fsp3) is 0.457. The Hall–Kier alpha value is -3.18. The van der Waals surface area contributed by atoms with E-state index in [4.69, 9.17) is 37.9 Å². The average Bonchev–Trinajstić information content (AvgIpc) is 3.25. The molecule has 0 saturated carbocycles. The van der Waals surface area contributed by atoms with Crippen molar-refractivity contribution >= 4 is 45.1 Å². The number of rotatable bonds is 7. The molecule has 2 amide bonds. The predicted molar refractivity (Wildman–Crippen MR) is 188 cm³/mol. The number of sulfonamides is 1. The molecule has 2 atom stereocenters. The van der Waals surface area contributed by atoms with Crippen LogP contribution < -0.4 is 10.1 Å². The van der Waals surface area contributed by atoms with E-state index in [0.29, 0.717) is 59.7 Å². The molecule has 0 spiro atoms. The maximum absolute atomic E-state index is 14.8. The first-order chi connectivity index (χ1) is 22.0. The molecule has 5 rings (SSSR count). The fourth-order valence-corrected chi connectivity index (χ4v) is 7.57. The van der Waals surface area contributed by atoms with Crippen molar-refractivity contribution in [3.05, 3.63) is 93.2 Å². The summed E-state index contributed by atoms with van der Waals surface area (Å²) in [5.41, 5.74) is 0.768. The van der Waals surface area contributed by atoms with Crippen LogP contribution in [-0.2, 0) is 26.5 Å². The Kier molecular flexibility index (Phi) is 9.74. The summed E-state index contributed by atoms with van der Waals surface area (Å²) in [6.45, 7) is 13.3. The number of piperidine rings is 1. The van der Waals surface area contributed by atoms with Gasteiger partial charge in [0.1, 0.15) is 22.7 Å². The second-order valence-electron chi connectivity index (χ2n) is 13.6. The standard InChI is InChI=1S/C35H43Cl2N5O4S/c1-8-46-29-21-30(33(2,3)4)38-22-28(29)31-40-34(5,23-9-13-25(36)14-10-23)35(6,24-11-15-26(37)16-12-24)42(31)32(43)39-27-17-19-41(20-18-27)47(7,44)45/h9-16,21-22,27H,8,17-20H2,1-7H3,(H,39,43)/t34-,35+/m0/s1. The minimum Gasteiger partial charge on any atom is -0.493 e. The molecule has 0 bridgehead atoms. The van der Waals surface area contributed by atoms with Crippen molar-refractivity contribution in [1.82, 2.24) is 19.5 Å². The van der Waals surface area contributed by atoms with Crippen molar-refractivity contribution in [2.45, 2.75) is 76.9 Å². The van der Waals surface area contributed by atoms with Crippen LogP contribution in [0.25, 0.3) is 0 Å². The number of pyridine rings is 1. The molecule has 2 aromatic carbocycles. The minimum atomic E-state index is -3.32. The highest BCUT2D eigenvalue weighted by atomic mass is 35.5. The van der Waals surface area contributed by atoms with Crippen LogP contribution in [0.15, 0.2) is 65.8 Å². The second kappa shape index (κ2) is 13.0. The van der Waals surface area contributed by atoms with Crippen LogP contribution in [0.4, 0.5) is 4.79 Å². The van der Waals surface area contributed by atoms with Crippen LogP contribution in [-0.4, -0.2) is 66.5 Å². The maximum Gasteiger partial charge on any atom is 0.324 e. The monoisotopic (exact) mass is 699 g/mol. The number of nitrogens with one attached hydrogen (secondary N) is 1. The van der Waals surface area contributed by atoms with Gasteiger partial charge >= 0.3 is 6.03 Å². The minimum absolute atomic E-state index is 0.241. The van der Waals surface area contributed by atoms with E-state index in [9.17, 15) is 13.2 Å². The molecular formula is C35H43Cl2N5O4S. The molecule has 1 N–H and O–H groups in total. The quantitative estimate of drug-likeness (QED) is 0.283. The Morgan fingerprint density at radius 3 is 2.06 bits per heavy atom. The Balaban J connectivity index is 1.70. The molecule has 9 nitrogen and oxygen atoms in total. The lowest BCUT2D eigenvalue weighted by Gasteiger charge is -2.45. The number of aliphatic imine (C=N–C) groups is 1. The van der Waals surface area contributed by atoms with Crippen LogP contribution >= 0.6 is 23.2 Å². The number of ether oxygens (including phenoxy) is 1. The van der Waals surface area contributed by atoms with Crippen molar-refractivity contribution in [2.75, 3.05) is 26.0 Å². The van der Waals surface area contributed by atoms with Gasteiger partial charge in [-0.15, -0.1) is 0 Å². The van der Waals surface area contributed by atoms with Gasteiger partial charge in [0.2, 0.25) is 10.0 Å². The number of halogens is 2. The van der Waals surface area contributed by atoms with E-state index in [0.717, 1.165) is 16.8 Å². The fourth-order valence-electron chi connectivity index (χ4n) is 6.45. The number of hydrogen-bond donors (Lipinski definition) is 1. The second-order valence-corrected chi connectivity index (χ2v) is 16.4. The van der Waals surface area contributed by atoms with Crippen molar-refractivity contribution < 1.29 is 17.9 Å². The third-order valence-corrected chi connectivity index (χ3v) is 11.2. The molecule has 252 valence electrons. The topological polar surface area (TPSA) is 104 Å². The third kappa shape index (κ3) is 6.75. The number of amidine groups is 1. The summed E-state index contributed by atoms with van der Waals surface area (Å²) < 4.78 is 32.0. The lowest BCUT2D eigenvalue weighted by molar-refractivity contribution is 0.130. The summed E-state index contributed by atoms with van der Waals surface area (Å²) in [5, 5.41) is 4.39. The molecule has 1 saturated heterocycles. The highest BCUT2D eigenvalue weighted by molar-refractivity contribution is 7.88. The van der Waals surface area contributed by atoms with Crippen LogP contribution in [0.1, 0.15) is 76.8 Å². The molecule has 1 fully saturated rings. The summed E-state index contributed by atoms with van der Waals surface area (Å²) in [5.74, 6) is 0.978. The van der Waals surface area contributed by atoms with E-state index >= 15 is 0 Å². The molecule has 3 heterocycles. The lowest BCUT2D eigenvalue weighted by atomic mass is 9.71. The van der Waals surface area contributed by atoms with Crippen molar-refractivity contribution in [3.63, 3.8) is 0 Å². The van der Waals surface area contributed by atoms with Crippen LogP contribution in [0.2, 0.25) is 10.0 Å². The van der Waals surface area contributed by atoms with Gasteiger partial charge in [0.05, 0.1) is 18.4 Å². The number of urea groups is 1.